The summed E-state index contributed by atoms with van der Waals surface area (Å²) in [6.45, 7) is 1.95. The van der Waals surface area contributed by atoms with Crippen LogP contribution in [-0.4, -0.2) is 28.8 Å². The number of anilines is 1. The van der Waals surface area contributed by atoms with Gasteiger partial charge in [0.25, 0.3) is 5.91 Å². The largest absolute Gasteiger partial charge is 0.497 e. The molecule has 130 valence electrons. The van der Waals surface area contributed by atoms with Gasteiger partial charge in [-0.25, -0.2) is 0 Å². The van der Waals surface area contributed by atoms with Crippen LogP contribution >= 0.6 is 0 Å². The van der Waals surface area contributed by atoms with Crippen molar-refractivity contribution in [2.45, 2.75) is 25.5 Å². The number of hydrogen-bond acceptors (Lipinski definition) is 5. The van der Waals surface area contributed by atoms with Crippen molar-refractivity contribution in [3.63, 3.8) is 0 Å². The van der Waals surface area contributed by atoms with E-state index in [2.05, 4.69) is 5.10 Å². The monoisotopic (exact) mass is 339 g/mol. The van der Waals surface area contributed by atoms with E-state index in [1.807, 2.05) is 6.92 Å². The Labute approximate surface area is 146 Å². The number of nitrogens with two attached hydrogens (primary N) is 1. The molecule has 1 aliphatic heterocycles. The van der Waals surface area contributed by atoms with Crippen LogP contribution in [0.1, 0.15) is 35.7 Å². The van der Waals surface area contributed by atoms with E-state index in [1.54, 1.807) is 55.6 Å². The summed E-state index contributed by atoms with van der Waals surface area (Å²) in [6, 6.07) is 13.6. The number of carbonyl (C=O) groups excluding carboxylic acids is 1. The van der Waals surface area contributed by atoms with Crippen LogP contribution in [0.4, 0.5) is 5.69 Å². The second kappa shape index (κ2) is 6.57. The van der Waals surface area contributed by atoms with E-state index in [-0.39, 0.29) is 6.42 Å². The van der Waals surface area contributed by atoms with Gasteiger partial charge in [-0.2, -0.15) is 10.1 Å². The zero-order valence-corrected chi connectivity index (χ0v) is 14.3. The van der Waals surface area contributed by atoms with E-state index in [9.17, 15) is 9.90 Å². The van der Waals surface area contributed by atoms with E-state index >= 15 is 0 Å². The summed E-state index contributed by atoms with van der Waals surface area (Å²) in [5, 5.41) is 16.8. The lowest BCUT2D eigenvalue weighted by atomic mass is 9.96. The number of benzene rings is 2. The number of nitrogen functional groups attached to an aromatic ring is 1. The highest BCUT2D eigenvalue weighted by molar-refractivity contribution is 5.98. The quantitative estimate of drug-likeness (QED) is 0.838. The topological polar surface area (TPSA) is 88.2 Å². The molecule has 0 fully saturated rings. The summed E-state index contributed by atoms with van der Waals surface area (Å²) in [4.78, 5) is 13.0. The molecule has 1 aliphatic rings. The van der Waals surface area contributed by atoms with Crippen molar-refractivity contribution >= 4 is 17.3 Å². The molecule has 1 heterocycles. The molecule has 0 bridgehead atoms. The normalized spacial score (nSPS) is 19.6. The number of aliphatic hydroxyl groups is 1. The number of nitrogens with zero attached hydrogens (tertiary/aromatic N) is 2. The maximum Gasteiger partial charge on any atom is 0.277 e. The lowest BCUT2D eigenvalue weighted by molar-refractivity contribution is -0.0765. The van der Waals surface area contributed by atoms with Gasteiger partial charge in [0.05, 0.1) is 7.11 Å². The Morgan fingerprint density at radius 1 is 1.32 bits per heavy atom. The standard InChI is InChI=1S/C19H21N3O3/c1-3-16-12-19(24,14-7-9-17(25-2)10-8-14)22(21-16)18(23)13-5-4-6-15(20)11-13/h4-11,24H,3,12,20H2,1-2H3/t19-/m1/s1. The molecule has 6 nitrogen and oxygen atoms in total. The van der Waals surface area contributed by atoms with Crippen molar-refractivity contribution in [2.24, 2.45) is 5.10 Å². The van der Waals surface area contributed by atoms with Crippen molar-refractivity contribution < 1.29 is 14.6 Å². The molecule has 0 aliphatic carbocycles. The number of rotatable bonds is 4. The lowest BCUT2D eigenvalue weighted by Gasteiger charge is -2.31. The molecule has 0 radical (unpaired) electrons. The number of hydrogen-bond donors (Lipinski definition) is 2. The highest BCUT2D eigenvalue weighted by Gasteiger charge is 2.45. The number of amides is 1. The van der Waals surface area contributed by atoms with E-state index in [1.165, 1.54) is 0 Å². The fraction of sp³-hybridized carbons (Fsp3) is 0.263. The molecule has 3 rings (SSSR count). The number of methoxy groups -OCH3 is 1. The first kappa shape index (κ1) is 17.0. The van der Waals surface area contributed by atoms with Crippen molar-refractivity contribution in [1.29, 1.82) is 0 Å². The fourth-order valence-electron chi connectivity index (χ4n) is 2.90. The molecular formula is C19H21N3O3. The van der Waals surface area contributed by atoms with Gasteiger partial charge in [-0.15, -0.1) is 0 Å². The van der Waals surface area contributed by atoms with Gasteiger partial charge in [-0.3, -0.25) is 4.79 Å². The Hall–Kier alpha value is -2.86. The highest BCUT2D eigenvalue weighted by Crippen LogP contribution is 2.37. The minimum atomic E-state index is -1.53. The van der Waals surface area contributed by atoms with E-state index in [0.29, 0.717) is 29.0 Å². The first-order valence-corrected chi connectivity index (χ1v) is 8.11. The maximum atomic E-state index is 13.0. The number of carbonyl (C=O) groups is 1. The molecule has 3 N–H and O–H groups in total. The maximum absolute atomic E-state index is 13.0. The van der Waals surface area contributed by atoms with Crippen LogP contribution in [0, 0.1) is 0 Å². The Bertz CT molecular complexity index is 817. The molecule has 1 amide bonds. The van der Waals surface area contributed by atoms with Gasteiger partial charge in [-0.05, 0) is 36.8 Å². The van der Waals surface area contributed by atoms with Gasteiger partial charge in [-0.1, -0.05) is 25.1 Å². The Morgan fingerprint density at radius 2 is 2.04 bits per heavy atom. The molecule has 0 saturated carbocycles. The van der Waals surface area contributed by atoms with E-state index < -0.39 is 11.6 Å². The van der Waals surface area contributed by atoms with Crippen molar-refractivity contribution in [2.75, 3.05) is 12.8 Å². The van der Waals surface area contributed by atoms with Crippen LogP contribution < -0.4 is 10.5 Å². The number of hydrazone groups is 1. The third-order valence-electron chi connectivity index (χ3n) is 4.33. The lowest BCUT2D eigenvalue weighted by Crippen LogP contribution is -2.43. The zero-order chi connectivity index (χ0) is 18.0. The van der Waals surface area contributed by atoms with Gasteiger partial charge >= 0.3 is 0 Å². The average Bonchev–Trinajstić information content (AvgIpc) is 2.99. The van der Waals surface area contributed by atoms with Gasteiger partial charge in [0.1, 0.15) is 5.75 Å². The third kappa shape index (κ3) is 3.08. The Morgan fingerprint density at radius 3 is 2.64 bits per heavy atom. The second-order valence-electron chi connectivity index (χ2n) is 5.98. The van der Waals surface area contributed by atoms with Gasteiger partial charge in [0, 0.05) is 28.9 Å². The van der Waals surface area contributed by atoms with Crippen LogP contribution in [0.5, 0.6) is 5.75 Å². The fourth-order valence-corrected chi connectivity index (χ4v) is 2.90. The van der Waals surface area contributed by atoms with Crippen LogP contribution in [-0.2, 0) is 5.72 Å². The molecule has 1 atom stereocenters. The minimum Gasteiger partial charge on any atom is -0.497 e. The van der Waals surface area contributed by atoms with Crippen molar-refractivity contribution in [1.82, 2.24) is 5.01 Å². The molecule has 0 spiro atoms. The van der Waals surface area contributed by atoms with Crippen LogP contribution in [0.15, 0.2) is 53.6 Å². The first-order valence-electron chi connectivity index (χ1n) is 8.11. The van der Waals surface area contributed by atoms with E-state index in [4.69, 9.17) is 10.5 Å². The summed E-state index contributed by atoms with van der Waals surface area (Å²) >= 11 is 0. The predicted molar refractivity (Wildman–Crippen MR) is 96.3 cm³/mol. The highest BCUT2D eigenvalue weighted by atomic mass is 16.5. The molecule has 0 aromatic heterocycles. The van der Waals surface area contributed by atoms with Crippen LogP contribution in [0.2, 0.25) is 0 Å². The summed E-state index contributed by atoms with van der Waals surface area (Å²) < 4.78 is 5.16. The van der Waals surface area contributed by atoms with Crippen molar-refractivity contribution in [3.8, 4) is 5.75 Å². The zero-order valence-electron chi connectivity index (χ0n) is 14.3. The average molecular weight is 339 g/mol. The molecule has 2 aromatic carbocycles. The van der Waals surface area contributed by atoms with Crippen LogP contribution in [0.25, 0.3) is 0 Å². The molecule has 6 heteroatoms. The van der Waals surface area contributed by atoms with E-state index in [0.717, 1.165) is 10.7 Å². The number of ether oxygens (including phenoxy) is 1. The predicted octanol–water partition coefficient (Wildman–Crippen LogP) is 2.73. The molecule has 0 saturated heterocycles. The summed E-state index contributed by atoms with van der Waals surface area (Å²) in [7, 11) is 1.58. The summed E-state index contributed by atoms with van der Waals surface area (Å²) in [5.41, 5.74) is 6.46. The summed E-state index contributed by atoms with van der Waals surface area (Å²) in [5.74, 6) is 0.282. The van der Waals surface area contributed by atoms with Crippen LogP contribution in [0.3, 0.4) is 0 Å². The Kier molecular flexibility index (Phi) is 4.46. The first-order chi connectivity index (χ1) is 12.0. The second-order valence-corrected chi connectivity index (χ2v) is 5.98. The minimum absolute atomic E-state index is 0.268. The van der Waals surface area contributed by atoms with Gasteiger partial charge in [0.15, 0.2) is 5.72 Å². The SMILES string of the molecule is CCC1=NN(C(=O)c2cccc(N)c2)[C@](O)(c2ccc(OC)cc2)C1. The third-order valence-corrected chi connectivity index (χ3v) is 4.33. The smallest absolute Gasteiger partial charge is 0.277 e. The molecule has 25 heavy (non-hydrogen) atoms. The Balaban J connectivity index is 2.01. The van der Waals surface area contributed by atoms with Gasteiger partial charge < -0.3 is 15.6 Å². The van der Waals surface area contributed by atoms with Gasteiger partial charge in [0.2, 0.25) is 0 Å². The summed E-state index contributed by atoms with van der Waals surface area (Å²) in [6.07, 6.45) is 0.920. The molecular weight excluding hydrogens is 318 g/mol. The molecule has 0 unspecified atom stereocenters. The van der Waals surface area contributed by atoms with Crippen molar-refractivity contribution in [3.05, 3.63) is 59.7 Å². The molecule has 2 aromatic rings.